The minimum absolute atomic E-state index is 0.208. The number of rotatable bonds is 2. The van der Waals surface area contributed by atoms with E-state index in [0.29, 0.717) is 16.3 Å². The summed E-state index contributed by atoms with van der Waals surface area (Å²) in [6.45, 7) is 6.23. The number of ether oxygens (including phenoxy) is 1. The highest BCUT2D eigenvalue weighted by Crippen LogP contribution is 2.59. The summed E-state index contributed by atoms with van der Waals surface area (Å²) in [5.74, 6) is 1.07. The van der Waals surface area contributed by atoms with E-state index in [-0.39, 0.29) is 17.6 Å². The molecule has 6 unspecified atom stereocenters. The number of aliphatic hydroxyl groups is 1. The summed E-state index contributed by atoms with van der Waals surface area (Å²) in [6, 6.07) is 0. The van der Waals surface area contributed by atoms with Gasteiger partial charge in [0.15, 0.2) is 5.78 Å². The molecule has 108 valence electrons. The maximum Gasteiger partial charge on any atom is 0.167 e. The second kappa shape index (κ2) is 4.41. The Labute approximate surface area is 128 Å². The summed E-state index contributed by atoms with van der Waals surface area (Å²) in [5.41, 5.74) is -1.26. The van der Waals surface area contributed by atoms with E-state index in [4.69, 9.17) is 4.74 Å². The van der Waals surface area contributed by atoms with Crippen LogP contribution in [0.25, 0.3) is 0 Å². The third-order valence-corrected chi connectivity index (χ3v) is 6.88. The van der Waals surface area contributed by atoms with Crippen LogP contribution in [0.2, 0.25) is 0 Å². The molecule has 1 N–H and O–H groups in total. The molecule has 2 bridgehead atoms. The van der Waals surface area contributed by atoms with Crippen LogP contribution < -0.4 is 0 Å². The van der Waals surface area contributed by atoms with Crippen molar-refractivity contribution in [1.29, 1.82) is 0 Å². The monoisotopic (exact) mass is 378 g/mol. The van der Waals surface area contributed by atoms with E-state index in [1.165, 1.54) is 0 Å². The Balaban J connectivity index is 2.02. The number of hydrogen-bond acceptors (Lipinski definition) is 3. The van der Waals surface area contributed by atoms with Crippen molar-refractivity contribution >= 4 is 28.4 Å². The molecule has 0 amide bonds. The fourth-order valence-corrected chi connectivity index (χ4v) is 5.98. The Hall–Kier alpha value is 0.320. The van der Waals surface area contributed by atoms with Crippen LogP contribution >= 0.6 is 22.6 Å². The molecule has 0 radical (unpaired) electrons. The highest BCUT2D eigenvalue weighted by molar-refractivity contribution is 14.1. The van der Waals surface area contributed by atoms with E-state index < -0.39 is 17.3 Å². The van der Waals surface area contributed by atoms with Gasteiger partial charge < -0.3 is 9.84 Å². The molecule has 2 heterocycles. The van der Waals surface area contributed by atoms with Crippen molar-refractivity contribution in [1.82, 2.24) is 0 Å². The molecule has 3 aliphatic rings. The van der Waals surface area contributed by atoms with E-state index in [0.717, 1.165) is 19.3 Å². The van der Waals surface area contributed by atoms with Crippen LogP contribution in [0.5, 0.6) is 0 Å². The number of Topliss-reactive ketones (excluding diaryl/α,β-unsaturated/α-hetero) is 1. The van der Waals surface area contributed by atoms with Gasteiger partial charge in [-0.1, -0.05) is 36.4 Å². The molecule has 19 heavy (non-hydrogen) atoms. The number of carbonyl (C=O) groups excluding carboxylic acids is 1. The molecule has 1 saturated carbocycles. The lowest BCUT2D eigenvalue weighted by atomic mass is 9.73. The maximum atomic E-state index is 12.5. The first-order chi connectivity index (χ1) is 8.80. The summed E-state index contributed by atoms with van der Waals surface area (Å²) in [4.78, 5) is 12.5. The number of aliphatic hydroxyl groups excluding tert-OH is 1. The van der Waals surface area contributed by atoms with Gasteiger partial charge in [-0.3, -0.25) is 4.79 Å². The van der Waals surface area contributed by atoms with Gasteiger partial charge in [0.25, 0.3) is 0 Å². The first-order valence-electron chi connectivity index (χ1n) is 7.36. The van der Waals surface area contributed by atoms with E-state index in [9.17, 15) is 9.90 Å². The average molecular weight is 378 g/mol. The predicted molar refractivity (Wildman–Crippen MR) is 81.3 cm³/mol. The number of hydrogen-bond donors (Lipinski definition) is 1. The summed E-state index contributed by atoms with van der Waals surface area (Å²) in [5, 5.41) is 10.9. The molecule has 1 aliphatic carbocycles. The predicted octanol–water partition coefficient (Wildman–Crippen LogP) is 2.72. The van der Waals surface area contributed by atoms with Crippen molar-refractivity contribution in [2.45, 2.75) is 67.7 Å². The highest BCUT2D eigenvalue weighted by atomic mass is 127. The van der Waals surface area contributed by atoms with Gasteiger partial charge in [0, 0.05) is 22.2 Å². The number of alkyl halides is 1. The van der Waals surface area contributed by atoms with Crippen LogP contribution in [0.3, 0.4) is 0 Å². The minimum atomic E-state index is -0.640. The molecule has 0 aromatic rings. The molecule has 3 fully saturated rings. The van der Waals surface area contributed by atoms with Crippen molar-refractivity contribution in [2.75, 3.05) is 0 Å². The highest BCUT2D eigenvalue weighted by Gasteiger charge is 2.69. The first-order valence-corrected chi connectivity index (χ1v) is 8.60. The van der Waals surface area contributed by atoms with Gasteiger partial charge in [-0.05, 0) is 32.1 Å². The van der Waals surface area contributed by atoms with Crippen molar-refractivity contribution in [3.63, 3.8) is 0 Å². The van der Waals surface area contributed by atoms with E-state index in [1.807, 2.05) is 6.92 Å². The molecule has 2 saturated heterocycles. The Kier molecular flexibility index (Phi) is 3.31. The Morgan fingerprint density at radius 2 is 2.16 bits per heavy atom. The molecule has 6 atom stereocenters. The number of fused-ring (bicyclic) bond motifs is 4. The lowest BCUT2D eigenvalue weighted by molar-refractivity contribution is -0.233. The molecule has 0 aromatic heterocycles. The van der Waals surface area contributed by atoms with Crippen LogP contribution in [0.4, 0.5) is 0 Å². The quantitative estimate of drug-likeness (QED) is 0.594. The molecule has 3 nitrogen and oxygen atoms in total. The second-order valence-electron chi connectivity index (χ2n) is 7.19. The fraction of sp³-hybridized carbons (Fsp3) is 0.933. The average Bonchev–Trinajstić information content (AvgIpc) is 2.77. The molecule has 2 aliphatic heterocycles. The second-order valence-corrected chi connectivity index (χ2v) is 8.79. The summed E-state index contributed by atoms with van der Waals surface area (Å²) in [7, 11) is 0. The number of halogens is 1. The maximum absolute atomic E-state index is 12.5. The van der Waals surface area contributed by atoms with E-state index >= 15 is 0 Å². The molecule has 3 rings (SSSR count). The molecule has 0 aromatic carbocycles. The van der Waals surface area contributed by atoms with Crippen molar-refractivity contribution < 1.29 is 14.6 Å². The Morgan fingerprint density at radius 3 is 2.79 bits per heavy atom. The minimum Gasteiger partial charge on any atom is -0.390 e. The normalized spacial score (nSPS) is 52.8. The van der Waals surface area contributed by atoms with Gasteiger partial charge in [0.2, 0.25) is 0 Å². The van der Waals surface area contributed by atoms with Gasteiger partial charge in [-0.15, -0.1) is 0 Å². The summed E-state index contributed by atoms with van der Waals surface area (Å²) >= 11 is 2.46. The van der Waals surface area contributed by atoms with Crippen LogP contribution in [0, 0.1) is 17.8 Å². The van der Waals surface area contributed by atoms with Crippen molar-refractivity contribution in [3.05, 3.63) is 0 Å². The molecular weight excluding hydrogens is 355 g/mol. The SMILES string of the molecule is CC(C)CC12CC(=O)C(C)(O1)C1CCC(I)C1C2O. The van der Waals surface area contributed by atoms with E-state index in [1.54, 1.807) is 0 Å². The zero-order chi connectivity index (χ0) is 14.0. The molecule has 4 heteroatoms. The largest absolute Gasteiger partial charge is 0.390 e. The summed E-state index contributed by atoms with van der Waals surface area (Å²) < 4.78 is 6.74. The van der Waals surface area contributed by atoms with Crippen LogP contribution in [0.1, 0.15) is 46.5 Å². The smallest absolute Gasteiger partial charge is 0.167 e. The Bertz CT molecular complexity index is 410. The van der Waals surface area contributed by atoms with Gasteiger partial charge in [0.1, 0.15) is 11.2 Å². The van der Waals surface area contributed by atoms with Gasteiger partial charge in [-0.2, -0.15) is 0 Å². The summed E-state index contributed by atoms with van der Waals surface area (Å²) in [6.07, 6.45) is 2.80. The number of ketones is 1. The van der Waals surface area contributed by atoms with Crippen molar-refractivity contribution in [2.24, 2.45) is 17.8 Å². The zero-order valence-corrected chi connectivity index (χ0v) is 14.0. The molecule has 0 spiro atoms. The van der Waals surface area contributed by atoms with Gasteiger partial charge in [0.05, 0.1) is 6.10 Å². The third kappa shape index (κ3) is 1.85. The van der Waals surface area contributed by atoms with Crippen LogP contribution in [0.15, 0.2) is 0 Å². The van der Waals surface area contributed by atoms with Gasteiger partial charge in [-0.25, -0.2) is 0 Å². The Morgan fingerprint density at radius 1 is 1.47 bits per heavy atom. The standard InChI is InChI=1S/C15H23IO3/c1-8(2)6-15-7-11(17)14(3,19-15)9-4-5-10(16)12(9)13(15)18/h8-10,12-13,18H,4-7H2,1-3H3. The number of carbonyl (C=O) groups is 1. The van der Waals surface area contributed by atoms with Crippen molar-refractivity contribution in [3.8, 4) is 0 Å². The van der Waals surface area contributed by atoms with Gasteiger partial charge >= 0.3 is 0 Å². The lowest BCUT2D eigenvalue weighted by Crippen LogP contribution is -2.59. The fourth-order valence-electron chi connectivity index (χ4n) is 4.72. The van der Waals surface area contributed by atoms with Crippen LogP contribution in [-0.4, -0.2) is 32.1 Å². The zero-order valence-electron chi connectivity index (χ0n) is 11.9. The van der Waals surface area contributed by atoms with Crippen LogP contribution in [-0.2, 0) is 9.53 Å². The van der Waals surface area contributed by atoms with E-state index in [2.05, 4.69) is 36.4 Å². The third-order valence-electron chi connectivity index (χ3n) is 5.43. The first kappa shape index (κ1) is 14.3. The molecular formula is C15H23IO3. The topological polar surface area (TPSA) is 46.5 Å². The lowest BCUT2D eigenvalue weighted by Gasteiger charge is -2.49.